The Balaban J connectivity index is 1.23. The highest BCUT2D eigenvalue weighted by Gasteiger charge is 2.10. The van der Waals surface area contributed by atoms with Crippen molar-refractivity contribution in [2.45, 2.75) is 0 Å². The van der Waals surface area contributed by atoms with Crippen molar-refractivity contribution >= 4 is 32.8 Å². The van der Waals surface area contributed by atoms with Gasteiger partial charge in [-0.15, -0.1) is 0 Å². The fraction of sp³-hybridized carbons (Fsp3) is 0. The number of benzene rings is 4. The molecule has 0 aliphatic carbocycles. The summed E-state index contributed by atoms with van der Waals surface area (Å²) in [5.41, 5.74) is 7.60. The third kappa shape index (κ3) is 3.51. The van der Waals surface area contributed by atoms with Crippen molar-refractivity contribution < 1.29 is 8.81 Å². The molecular formula is C32H19FN2O. The molecule has 0 N–H and O–H groups in total. The van der Waals surface area contributed by atoms with E-state index in [0.717, 1.165) is 60.6 Å². The maximum atomic E-state index is 13.3. The third-order valence-electron chi connectivity index (χ3n) is 6.66. The molecule has 170 valence electrons. The van der Waals surface area contributed by atoms with Crippen molar-refractivity contribution in [3.63, 3.8) is 0 Å². The van der Waals surface area contributed by atoms with Gasteiger partial charge in [-0.2, -0.15) is 0 Å². The van der Waals surface area contributed by atoms with Crippen LogP contribution in [0.3, 0.4) is 0 Å². The molecule has 0 radical (unpaired) electrons. The summed E-state index contributed by atoms with van der Waals surface area (Å²) in [5, 5.41) is 4.32. The number of nitrogens with zero attached hydrogens (tertiary/aromatic N) is 2. The first-order valence-electron chi connectivity index (χ1n) is 11.8. The fourth-order valence-electron chi connectivity index (χ4n) is 4.75. The predicted octanol–water partition coefficient (Wildman–Crippen LogP) is 8.67. The van der Waals surface area contributed by atoms with E-state index < -0.39 is 0 Å². The lowest BCUT2D eigenvalue weighted by Gasteiger charge is -2.08. The molecule has 0 unspecified atom stereocenters. The number of aromatic nitrogens is 2. The zero-order valence-electron chi connectivity index (χ0n) is 19.2. The second kappa shape index (κ2) is 8.14. The maximum Gasteiger partial charge on any atom is 0.227 e. The average Bonchev–Trinajstić information content (AvgIpc) is 3.31. The van der Waals surface area contributed by atoms with Crippen LogP contribution >= 0.6 is 0 Å². The Hall–Kier alpha value is -4.83. The van der Waals surface area contributed by atoms with E-state index in [9.17, 15) is 4.39 Å². The molecule has 4 aromatic carbocycles. The number of furan rings is 1. The van der Waals surface area contributed by atoms with Crippen LogP contribution in [0.15, 0.2) is 120 Å². The topological polar surface area (TPSA) is 38.9 Å². The van der Waals surface area contributed by atoms with E-state index >= 15 is 0 Å². The zero-order valence-corrected chi connectivity index (χ0v) is 19.2. The smallest absolute Gasteiger partial charge is 0.227 e. The average molecular weight is 467 g/mol. The number of hydrogen-bond acceptors (Lipinski definition) is 3. The van der Waals surface area contributed by atoms with Gasteiger partial charge in [-0.05, 0) is 88.1 Å². The summed E-state index contributed by atoms with van der Waals surface area (Å²) in [7, 11) is 0. The summed E-state index contributed by atoms with van der Waals surface area (Å²) < 4.78 is 19.2. The molecule has 0 fully saturated rings. The van der Waals surface area contributed by atoms with E-state index in [1.165, 1.54) is 12.1 Å². The second-order valence-electron chi connectivity index (χ2n) is 8.88. The highest BCUT2D eigenvalue weighted by Crippen LogP contribution is 2.32. The molecule has 36 heavy (non-hydrogen) atoms. The number of rotatable bonds is 3. The fourth-order valence-corrected chi connectivity index (χ4v) is 4.75. The standard InChI is InChI=1S/C32H19FN2O/c33-27-11-7-20(8-12-27)22-5-3-21-4-6-23(17-26(21)16-22)25-9-13-30(35-19-25)24-10-14-31-29(18-24)28-2-1-15-34-32(28)36-31/h1-19H. The van der Waals surface area contributed by atoms with Crippen LogP contribution in [0.2, 0.25) is 0 Å². The summed E-state index contributed by atoms with van der Waals surface area (Å²) >= 11 is 0. The van der Waals surface area contributed by atoms with Crippen LogP contribution in [-0.4, -0.2) is 9.97 Å². The van der Waals surface area contributed by atoms with Crippen LogP contribution in [-0.2, 0) is 0 Å². The Morgan fingerprint density at radius 3 is 2.06 bits per heavy atom. The van der Waals surface area contributed by atoms with Gasteiger partial charge in [-0.3, -0.25) is 4.98 Å². The molecule has 0 amide bonds. The predicted molar refractivity (Wildman–Crippen MR) is 143 cm³/mol. The van der Waals surface area contributed by atoms with Gasteiger partial charge in [-0.1, -0.05) is 42.5 Å². The van der Waals surface area contributed by atoms with E-state index in [0.29, 0.717) is 5.71 Å². The lowest BCUT2D eigenvalue weighted by Crippen LogP contribution is -1.86. The number of hydrogen-bond donors (Lipinski definition) is 0. The Kier molecular flexibility index (Phi) is 4.64. The van der Waals surface area contributed by atoms with Gasteiger partial charge in [0.05, 0.1) is 5.69 Å². The first-order valence-corrected chi connectivity index (χ1v) is 11.8. The van der Waals surface area contributed by atoms with Gasteiger partial charge in [0.1, 0.15) is 11.4 Å². The molecular weight excluding hydrogens is 447 g/mol. The van der Waals surface area contributed by atoms with Crippen molar-refractivity contribution in [3.05, 3.63) is 121 Å². The van der Waals surface area contributed by atoms with Crippen molar-refractivity contribution in [2.24, 2.45) is 0 Å². The molecule has 0 spiro atoms. The van der Waals surface area contributed by atoms with E-state index in [1.54, 1.807) is 6.20 Å². The molecule has 7 rings (SSSR count). The van der Waals surface area contributed by atoms with E-state index in [2.05, 4.69) is 59.6 Å². The van der Waals surface area contributed by atoms with Crippen LogP contribution in [0.25, 0.3) is 66.4 Å². The maximum absolute atomic E-state index is 13.3. The highest BCUT2D eigenvalue weighted by molar-refractivity contribution is 6.04. The van der Waals surface area contributed by atoms with E-state index in [4.69, 9.17) is 9.40 Å². The van der Waals surface area contributed by atoms with Crippen LogP contribution in [0.4, 0.5) is 4.39 Å². The monoisotopic (exact) mass is 466 g/mol. The summed E-state index contributed by atoms with van der Waals surface area (Å²) in [6, 6.07) is 33.6. The van der Waals surface area contributed by atoms with Gasteiger partial charge in [0.25, 0.3) is 0 Å². The number of pyridine rings is 2. The largest absolute Gasteiger partial charge is 0.438 e. The van der Waals surface area contributed by atoms with E-state index in [-0.39, 0.29) is 5.82 Å². The van der Waals surface area contributed by atoms with Gasteiger partial charge in [0.2, 0.25) is 5.71 Å². The number of fused-ring (bicyclic) bond motifs is 4. The van der Waals surface area contributed by atoms with Crippen molar-refractivity contribution in [1.29, 1.82) is 0 Å². The molecule has 0 aliphatic heterocycles. The Morgan fingerprint density at radius 2 is 1.28 bits per heavy atom. The quantitative estimate of drug-likeness (QED) is 0.261. The second-order valence-corrected chi connectivity index (χ2v) is 8.88. The summed E-state index contributed by atoms with van der Waals surface area (Å²) in [5.74, 6) is -0.229. The van der Waals surface area contributed by atoms with Gasteiger partial charge >= 0.3 is 0 Å². The van der Waals surface area contributed by atoms with Gasteiger partial charge in [0.15, 0.2) is 0 Å². The van der Waals surface area contributed by atoms with Crippen molar-refractivity contribution in [3.8, 4) is 33.5 Å². The van der Waals surface area contributed by atoms with Gasteiger partial charge < -0.3 is 4.42 Å². The van der Waals surface area contributed by atoms with Gasteiger partial charge in [0, 0.05) is 34.3 Å². The third-order valence-corrected chi connectivity index (χ3v) is 6.66. The Morgan fingerprint density at radius 1 is 0.556 bits per heavy atom. The molecule has 0 aliphatic rings. The summed E-state index contributed by atoms with van der Waals surface area (Å²) in [4.78, 5) is 9.08. The summed E-state index contributed by atoms with van der Waals surface area (Å²) in [6.07, 6.45) is 3.65. The molecule has 0 bridgehead atoms. The number of halogens is 1. The van der Waals surface area contributed by atoms with Crippen LogP contribution in [0.5, 0.6) is 0 Å². The molecule has 0 saturated carbocycles. The zero-order chi connectivity index (χ0) is 24.1. The Bertz CT molecular complexity index is 1890. The molecule has 3 heterocycles. The minimum absolute atomic E-state index is 0.229. The molecule has 0 atom stereocenters. The van der Waals surface area contributed by atoms with Crippen molar-refractivity contribution in [1.82, 2.24) is 9.97 Å². The van der Waals surface area contributed by atoms with Gasteiger partial charge in [-0.25, -0.2) is 9.37 Å². The van der Waals surface area contributed by atoms with Crippen LogP contribution in [0.1, 0.15) is 0 Å². The van der Waals surface area contributed by atoms with Crippen LogP contribution in [0, 0.1) is 5.82 Å². The molecule has 3 nitrogen and oxygen atoms in total. The first kappa shape index (κ1) is 20.5. The first-order chi connectivity index (χ1) is 17.7. The van der Waals surface area contributed by atoms with E-state index in [1.807, 2.05) is 42.6 Å². The minimum atomic E-state index is -0.229. The minimum Gasteiger partial charge on any atom is -0.438 e. The molecule has 3 aromatic heterocycles. The van der Waals surface area contributed by atoms with Crippen molar-refractivity contribution in [2.75, 3.05) is 0 Å². The lowest BCUT2D eigenvalue weighted by molar-refractivity contribution is 0.628. The normalized spacial score (nSPS) is 11.5. The lowest BCUT2D eigenvalue weighted by atomic mass is 9.98. The molecule has 7 aromatic rings. The molecule has 0 saturated heterocycles. The van der Waals surface area contributed by atoms with Crippen LogP contribution < -0.4 is 0 Å². The highest BCUT2D eigenvalue weighted by atomic mass is 19.1. The SMILES string of the molecule is Fc1ccc(-c2ccc3ccc(-c4ccc(-c5ccc6oc7ncccc7c6c5)nc4)cc3c2)cc1. The Labute approximate surface area is 206 Å². The molecule has 4 heteroatoms. The summed E-state index contributed by atoms with van der Waals surface area (Å²) in [6.45, 7) is 0.